The summed E-state index contributed by atoms with van der Waals surface area (Å²) in [7, 11) is 0. The molecule has 0 radical (unpaired) electrons. The van der Waals surface area contributed by atoms with Crippen LogP contribution in [0.5, 0.6) is 0 Å². The summed E-state index contributed by atoms with van der Waals surface area (Å²) in [5, 5.41) is 8.52. The van der Waals surface area contributed by atoms with Gasteiger partial charge in [0.25, 0.3) is 0 Å². The van der Waals surface area contributed by atoms with Gasteiger partial charge in [0, 0.05) is 0 Å². The molecule has 0 unspecified atom stereocenters. The van der Waals surface area contributed by atoms with E-state index >= 15 is 0 Å². The lowest BCUT2D eigenvalue weighted by Gasteiger charge is -2.25. The largest absolute Gasteiger partial charge is 0.479 e. The van der Waals surface area contributed by atoms with E-state index in [4.69, 9.17) is 9.84 Å². The van der Waals surface area contributed by atoms with Crippen molar-refractivity contribution < 1.29 is 14.6 Å². The van der Waals surface area contributed by atoms with Crippen molar-refractivity contribution >= 4 is 5.97 Å². The summed E-state index contributed by atoms with van der Waals surface area (Å²) in [6, 6.07) is 0. The van der Waals surface area contributed by atoms with Gasteiger partial charge in [-0.15, -0.1) is 0 Å². The first-order valence-corrected chi connectivity index (χ1v) is 3.79. The van der Waals surface area contributed by atoms with Gasteiger partial charge in [0.15, 0.2) is 6.10 Å². The molecule has 0 saturated carbocycles. The van der Waals surface area contributed by atoms with Gasteiger partial charge < -0.3 is 9.84 Å². The van der Waals surface area contributed by atoms with Crippen molar-refractivity contribution in [3.63, 3.8) is 0 Å². The van der Waals surface area contributed by atoms with Crippen molar-refractivity contribution in [3.8, 4) is 0 Å². The van der Waals surface area contributed by atoms with E-state index in [0.717, 1.165) is 6.42 Å². The Bertz CT molecular complexity index is 140. The normalized spacial score (nSPS) is 14.5. The number of hydrogen-bond donors (Lipinski definition) is 1. The molecule has 66 valence electrons. The molecule has 1 N–H and O–H groups in total. The van der Waals surface area contributed by atoms with Crippen molar-refractivity contribution in [2.75, 3.05) is 0 Å². The summed E-state index contributed by atoms with van der Waals surface area (Å²) < 4.78 is 5.25. The molecule has 0 aromatic rings. The highest BCUT2D eigenvalue weighted by Crippen LogP contribution is 2.15. The van der Waals surface area contributed by atoms with Gasteiger partial charge in [-0.25, -0.2) is 4.79 Å². The second-order valence-corrected chi connectivity index (χ2v) is 3.21. The van der Waals surface area contributed by atoms with Crippen molar-refractivity contribution in [2.24, 2.45) is 0 Å². The maximum atomic E-state index is 10.4. The van der Waals surface area contributed by atoms with Gasteiger partial charge in [0.2, 0.25) is 0 Å². The van der Waals surface area contributed by atoms with Crippen LogP contribution in [-0.4, -0.2) is 22.8 Å². The summed E-state index contributed by atoms with van der Waals surface area (Å²) in [6.07, 6.45) is 0.0925. The standard InChI is InChI=1S/C8H16O3/c1-5-8(3,4)11-6(2)7(9)10/h6H,5H2,1-4H3,(H,9,10)/t6-/m0/s1. The van der Waals surface area contributed by atoms with Crippen molar-refractivity contribution in [1.82, 2.24) is 0 Å². The van der Waals surface area contributed by atoms with E-state index in [9.17, 15) is 4.79 Å². The highest BCUT2D eigenvalue weighted by molar-refractivity contribution is 5.71. The van der Waals surface area contributed by atoms with Crippen LogP contribution in [0.2, 0.25) is 0 Å². The molecule has 0 aromatic carbocycles. The van der Waals surface area contributed by atoms with Gasteiger partial charge in [-0.2, -0.15) is 0 Å². The van der Waals surface area contributed by atoms with Crippen molar-refractivity contribution in [3.05, 3.63) is 0 Å². The van der Waals surface area contributed by atoms with E-state index in [2.05, 4.69) is 0 Å². The maximum absolute atomic E-state index is 10.4. The molecule has 0 spiro atoms. The van der Waals surface area contributed by atoms with E-state index in [1.807, 2.05) is 20.8 Å². The minimum atomic E-state index is -0.911. The lowest BCUT2D eigenvalue weighted by molar-refractivity contribution is -0.159. The van der Waals surface area contributed by atoms with Crippen LogP contribution < -0.4 is 0 Å². The fourth-order valence-electron chi connectivity index (χ4n) is 0.612. The van der Waals surface area contributed by atoms with E-state index in [1.165, 1.54) is 0 Å². The van der Waals surface area contributed by atoms with Crippen LogP contribution in [0.4, 0.5) is 0 Å². The number of ether oxygens (including phenoxy) is 1. The first kappa shape index (κ1) is 10.4. The SMILES string of the molecule is CCC(C)(C)O[C@@H](C)C(=O)O. The fourth-order valence-corrected chi connectivity index (χ4v) is 0.612. The molecule has 0 fully saturated rings. The third kappa shape index (κ3) is 3.98. The first-order chi connectivity index (χ1) is 4.89. The van der Waals surface area contributed by atoms with Crippen LogP contribution in [0.25, 0.3) is 0 Å². The number of aliphatic carboxylic acids is 1. The van der Waals surface area contributed by atoms with Crippen LogP contribution in [0, 0.1) is 0 Å². The Morgan fingerprint density at radius 3 is 2.36 bits per heavy atom. The van der Waals surface area contributed by atoms with Gasteiger partial charge in [0.1, 0.15) is 0 Å². The molecule has 11 heavy (non-hydrogen) atoms. The molecular weight excluding hydrogens is 144 g/mol. The molecule has 0 aromatic heterocycles. The third-order valence-corrected chi connectivity index (χ3v) is 1.70. The monoisotopic (exact) mass is 160 g/mol. The van der Waals surface area contributed by atoms with E-state index in [1.54, 1.807) is 6.92 Å². The summed E-state index contributed by atoms with van der Waals surface area (Å²) in [5.41, 5.74) is -0.336. The highest BCUT2D eigenvalue weighted by atomic mass is 16.5. The number of hydrogen-bond acceptors (Lipinski definition) is 2. The second-order valence-electron chi connectivity index (χ2n) is 3.21. The fraction of sp³-hybridized carbons (Fsp3) is 0.875. The topological polar surface area (TPSA) is 46.5 Å². The summed E-state index contributed by atoms with van der Waals surface area (Å²) in [5.74, 6) is -0.911. The van der Waals surface area contributed by atoms with Crippen LogP contribution in [0.1, 0.15) is 34.1 Å². The summed E-state index contributed by atoms with van der Waals surface area (Å²) in [6.45, 7) is 7.27. The van der Waals surface area contributed by atoms with Crippen LogP contribution >= 0.6 is 0 Å². The average molecular weight is 160 g/mol. The van der Waals surface area contributed by atoms with E-state index < -0.39 is 12.1 Å². The molecule has 0 aliphatic heterocycles. The molecular formula is C8H16O3. The predicted octanol–water partition coefficient (Wildman–Crippen LogP) is 1.66. The molecule has 0 heterocycles. The Kier molecular flexibility index (Phi) is 3.52. The minimum absolute atomic E-state index is 0.336. The van der Waals surface area contributed by atoms with Gasteiger partial charge >= 0.3 is 5.97 Å². The van der Waals surface area contributed by atoms with E-state index in [-0.39, 0.29) is 5.60 Å². The number of rotatable bonds is 4. The van der Waals surface area contributed by atoms with Crippen LogP contribution in [0.3, 0.4) is 0 Å². The maximum Gasteiger partial charge on any atom is 0.332 e. The van der Waals surface area contributed by atoms with Gasteiger partial charge in [-0.1, -0.05) is 6.92 Å². The second kappa shape index (κ2) is 3.72. The summed E-state index contributed by atoms with van der Waals surface area (Å²) >= 11 is 0. The molecule has 3 heteroatoms. The van der Waals surface area contributed by atoms with Crippen molar-refractivity contribution in [2.45, 2.75) is 45.8 Å². The zero-order valence-electron chi connectivity index (χ0n) is 7.55. The predicted molar refractivity (Wildman–Crippen MR) is 42.6 cm³/mol. The molecule has 0 bridgehead atoms. The molecule has 0 rings (SSSR count). The smallest absolute Gasteiger partial charge is 0.332 e. The lowest BCUT2D eigenvalue weighted by Crippen LogP contribution is -2.32. The van der Waals surface area contributed by atoms with Crippen LogP contribution in [-0.2, 0) is 9.53 Å². The molecule has 1 atom stereocenters. The van der Waals surface area contributed by atoms with Crippen LogP contribution in [0.15, 0.2) is 0 Å². The third-order valence-electron chi connectivity index (χ3n) is 1.70. The number of carbonyl (C=O) groups is 1. The van der Waals surface area contributed by atoms with Crippen molar-refractivity contribution in [1.29, 1.82) is 0 Å². The van der Waals surface area contributed by atoms with Gasteiger partial charge in [0.05, 0.1) is 5.60 Å². The minimum Gasteiger partial charge on any atom is -0.479 e. The lowest BCUT2D eigenvalue weighted by atomic mass is 10.1. The Hall–Kier alpha value is -0.570. The molecule has 0 aliphatic rings. The molecule has 0 aliphatic carbocycles. The zero-order valence-corrected chi connectivity index (χ0v) is 7.55. The highest BCUT2D eigenvalue weighted by Gasteiger charge is 2.22. The summed E-state index contributed by atoms with van der Waals surface area (Å²) in [4.78, 5) is 10.4. The van der Waals surface area contributed by atoms with Gasteiger partial charge in [-0.3, -0.25) is 0 Å². The molecule has 3 nitrogen and oxygen atoms in total. The Balaban J connectivity index is 3.93. The Morgan fingerprint density at radius 1 is 1.64 bits per heavy atom. The van der Waals surface area contributed by atoms with Gasteiger partial charge in [-0.05, 0) is 27.2 Å². The number of carboxylic acids is 1. The number of carboxylic acid groups (broad SMARTS) is 1. The van der Waals surface area contributed by atoms with E-state index in [0.29, 0.717) is 0 Å². The Morgan fingerprint density at radius 2 is 2.09 bits per heavy atom. The average Bonchev–Trinajstić information content (AvgIpc) is 1.87. The molecule has 0 saturated heterocycles. The molecule has 0 amide bonds. The quantitative estimate of drug-likeness (QED) is 0.680. The zero-order chi connectivity index (χ0) is 9.07. The first-order valence-electron chi connectivity index (χ1n) is 3.79. The Labute approximate surface area is 67.4 Å².